The van der Waals surface area contributed by atoms with E-state index in [-0.39, 0.29) is 12.4 Å². The third kappa shape index (κ3) is 1.45. The SMILES string of the molecule is CC1CC=C(F)C=C1CO. The van der Waals surface area contributed by atoms with Crippen molar-refractivity contribution < 1.29 is 9.50 Å². The third-order valence-electron chi connectivity index (χ3n) is 1.81. The van der Waals surface area contributed by atoms with Gasteiger partial charge in [0.1, 0.15) is 5.83 Å². The molecular formula is C8H11FO. The van der Waals surface area contributed by atoms with Crippen LogP contribution in [0.2, 0.25) is 0 Å². The molecule has 1 N–H and O–H groups in total. The first-order chi connectivity index (χ1) is 4.74. The fourth-order valence-electron chi connectivity index (χ4n) is 1.02. The van der Waals surface area contributed by atoms with Gasteiger partial charge in [-0.05, 0) is 30.1 Å². The lowest BCUT2D eigenvalue weighted by Gasteiger charge is -2.14. The fourth-order valence-corrected chi connectivity index (χ4v) is 1.02. The zero-order valence-corrected chi connectivity index (χ0v) is 5.97. The predicted octanol–water partition coefficient (Wildman–Crippen LogP) is 1.80. The van der Waals surface area contributed by atoms with E-state index in [1.165, 1.54) is 6.08 Å². The van der Waals surface area contributed by atoms with E-state index in [4.69, 9.17) is 5.11 Å². The number of allylic oxidation sites excluding steroid dienone is 3. The highest BCUT2D eigenvalue weighted by Gasteiger charge is 2.11. The van der Waals surface area contributed by atoms with Crippen molar-refractivity contribution in [1.82, 2.24) is 0 Å². The van der Waals surface area contributed by atoms with Gasteiger partial charge >= 0.3 is 0 Å². The maximum Gasteiger partial charge on any atom is 0.119 e. The van der Waals surface area contributed by atoms with Crippen molar-refractivity contribution in [2.45, 2.75) is 13.3 Å². The minimum atomic E-state index is -0.220. The Morgan fingerprint density at radius 2 is 2.50 bits per heavy atom. The molecule has 0 fully saturated rings. The van der Waals surface area contributed by atoms with Crippen LogP contribution in [-0.4, -0.2) is 11.7 Å². The van der Waals surface area contributed by atoms with Crippen molar-refractivity contribution in [3.05, 3.63) is 23.6 Å². The van der Waals surface area contributed by atoms with Gasteiger partial charge in [-0.1, -0.05) is 6.92 Å². The van der Waals surface area contributed by atoms with E-state index in [1.807, 2.05) is 6.92 Å². The van der Waals surface area contributed by atoms with Crippen LogP contribution in [0.3, 0.4) is 0 Å². The standard InChI is InChI=1S/C8H11FO/c1-6-2-3-8(9)4-7(6)5-10/h3-4,6,10H,2,5H2,1H3. The molecule has 0 aliphatic heterocycles. The van der Waals surface area contributed by atoms with E-state index >= 15 is 0 Å². The molecule has 1 nitrogen and oxygen atoms in total. The van der Waals surface area contributed by atoms with E-state index in [0.717, 1.165) is 5.57 Å². The Kier molecular flexibility index (Phi) is 2.22. The Labute approximate surface area is 59.9 Å². The Balaban J connectivity index is 2.73. The quantitative estimate of drug-likeness (QED) is 0.591. The maximum atomic E-state index is 12.5. The van der Waals surface area contributed by atoms with Crippen LogP contribution in [0.25, 0.3) is 0 Å². The van der Waals surface area contributed by atoms with Crippen molar-refractivity contribution in [2.75, 3.05) is 6.61 Å². The Morgan fingerprint density at radius 3 is 3.00 bits per heavy atom. The molecule has 10 heavy (non-hydrogen) atoms. The van der Waals surface area contributed by atoms with Crippen LogP contribution < -0.4 is 0 Å². The van der Waals surface area contributed by atoms with Gasteiger partial charge in [0.05, 0.1) is 6.61 Å². The highest BCUT2D eigenvalue weighted by Crippen LogP contribution is 2.23. The number of hydrogen-bond acceptors (Lipinski definition) is 1. The molecule has 1 aliphatic rings. The molecule has 0 aromatic carbocycles. The van der Waals surface area contributed by atoms with Gasteiger partial charge < -0.3 is 5.11 Å². The largest absolute Gasteiger partial charge is 0.392 e. The highest BCUT2D eigenvalue weighted by atomic mass is 19.1. The molecule has 0 spiro atoms. The van der Waals surface area contributed by atoms with Crippen LogP contribution in [-0.2, 0) is 0 Å². The molecule has 0 heterocycles. The molecular weight excluding hydrogens is 131 g/mol. The van der Waals surface area contributed by atoms with Gasteiger partial charge in [-0.3, -0.25) is 0 Å². The lowest BCUT2D eigenvalue weighted by atomic mass is 9.94. The monoisotopic (exact) mass is 142 g/mol. The van der Waals surface area contributed by atoms with Gasteiger partial charge in [-0.2, -0.15) is 0 Å². The van der Waals surface area contributed by atoms with Crippen molar-refractivity contribution in [2.24, 2.45) is 5.92 Å². The van der Waals surface area contributed by atoms with Gasteiger partial charge in [0, 0.05) is 0 Å². The van der Waals surface area contributed by atoms with Crippen LogP contribution in [0.4, 0.5) is 4.39 Å². The molecule has 1 aliphatic carbocycles. The molecule has 0 saturated carbocycles. The van der Waals surface area contributed by atoms with Gasteiger partial charge in [0.2, 0.25) is 0 Å². The molecule has 0 bridgehead atoms. The van der Waals surface area contributed by atoms with Gasteiger partial charge in [-0.15, -0.1) is 0 Å². The molecule has 0 aromatic rings. The predicted molar refractivity (Wildman–Crippen MR) is 38.1 cm³/mol. The van der Waals surface area contributed by atoms with Crippen LogP contribution >= 0.6 is 0 Å². The molecule has 2 heteroatoms. The third-order valence-corrected chi connectivity index (χ3v) is 1.81. The average Bonchev–Trinajstić information content (AvgIpc) is 1.94. The van der Waals surface area contributed by atoms with E-state index in [9.17, 15) is 4.39 Å². The summed E-state index contributed by atoms with van der Waals surface area (Å²) in [7, 11) is 0. The average molecular weight is 142 g/mol. The van der Waals surface area contributed by atoms with Crippen molar-refractivity contribution in [1.29, 1.82) is 0 Å². The molecule has 1 atom stereocenters. The second-order valence-corrected chi connectivity index (χ2v) is 2.60. The highest BCUT2D eigenvalue weighted by molar-refractivity contribution is 5.24. The Morgan fingerprint density at radius 1 is 1.80 bits per heavy atom. The van der Waals surface area contributed by atoms with Gasteiger partial charge in [0.15, 0.2) is 0 Å². The number of hydrogen-bond donors (Lipinski definition) is 1. The van der Waals surface area contributed by atoms with Gasteiger partial charge in [-0.25, -0.2) is 4.39 Å². The summed E-state index contributed by atoms with van der Waals surface area (Å²) in [5, 5.41) is 8.72. The zero-order valence-electron chi connectivity index (χ0n) is 5.97. The minimum Gasteiger partial charge on any atom is -0.392 e. The summed E-state index contributed by atoms with van der Waals surface area (Å²) in [6, 6.07) is 0. The number of aliphatic hydroxyl groups is 1. The second kappa shape index (κ2) is 2.97. The van der Waals surface area contributed by atoms with E-state index in [0.29, 0.717) is 12.3 Å². The Hall–Kier alpha value is -0.630. The summed E-state index contributed by atoms with van der Waals surface area (Å²) in [5.41, 5.74) is 0.792. The topological polar surface area (TPSA) is 20.2 Å². The molecule has 0 radical (unpaired) electrons. The van der Waals surface area contributed by atoms with E-state index < -0.39 is 0 Å². The summed E-state index contributed by atoms with van der Waals surface area (Å²) in [6.07, 6.45) is 3.66. The lowest BCUT2D eigenvalue weighted by Crippen LogP contribution is -2.06. The maximum absolute atomic E-state index is 12.5. The molecule has 0 saturated heterocycles. The van der Waals surface area contributed by atoms with Crippen molar-refractivity contribution in [3.63, 3.8) is 0 Å². The summed E-state index contributed by atoms with van der Waals surface area (Å²) in [6.45, 7) is 1.95. The summed E-state index contributed by atoms with van der Waals surface area (Å²) in [5.74, 6) is 0.0756. The van der Waals surface area contributed by atoms with Crippen LogP contribution in [0, 0.1) is 5.92 Å². The summed E-state index contributed by atoms with van der Waals surface area (Å²) in [4.78, 5) is 0. The fraction of sp³-hybridized carbons (Fsp3) is 0.500. The minimum absolute atomic E-state index is 0.0254. The van der Waals surface area contributed by atoms with Crippen LogP contribution in [0.1, 0.15) is 13.3 Å². The van der Waals surface area contributed by atoms with Crippen molar-refractivity contribution >= 4 is 0 Å². The second-order valence-electron chi connectivity index (χ2n) is 2.60. The first kappa shape index (κ1) is 7.48. The molecule has 0 amide bonds. The van der Waals surface area contributed by atoms with E-state index in [2.05, 4.69) is 0 Å². The van der Waals surface area contributed by atoms with E-state index in [1.54, 1.807) is 6.08 Å². The number of rotatable bonds is 1. The molecule has 0 aromatic heterocycles. The van der Waals surface area contributed by atoms with Crippen LogP contribution in [0.15, 0.2) is 23.6 Å². The van der Waals surface area contributed by atoms with Crippen molar-refractivity contribution in [3.8, 4) is 0 Å². The molecule has 1 unspecified atom stereocenters. The summed E-state index contributed by atoms with van der Waals surface area (Å²) >= 11 is 0. The number of halogens is 1. The molecule has 1 rings (SSSR count). The first-order valence-corrected chi connectivity index (χ1v) is 3.41. The normalized spacial score (nSPS) is 25.7. The zero-order chi connectivity index (χ0) is 7.56. The Bertz CT molecular complexity index is 182. The smallest absolute Gasteiger partial charge is 0.119 e. The number of aliphatic hydroxyl groups excluding tert-OH is 1. The lowest BCUT2D eigenvalue weighted by molar-refractivity contribution is 0.314. The first-order valence-electron chi connectivity index (χ1n) is 3.41. The summed E-state index contributed by atoms with van der Waals surface area (Å²) < 4.78 is 12.5. The molecule has 56 valence electrons. The van der Waals surface area contributed by atoms with Crippen LogP contribution in [0.5, 0.6) is 0 Å². The van der Waals surface area contributed by atoms with Gasteiger partial charge in [0.25, 0.3) is 0 Å².